The molecule has 1 saturated heterocycles. The molecule has 0 aromatic heterocycles. The van der Waals surface area contributed by atoms with Gasteiger partial charge in [-0.3, -0.25) is 14.5 Å². The number of methoxy groups -OCH3 is 4. The third-order valence-corrected chi connectivity index (χ3v) is 8.27. The molecule has 1 fully saturated rings. The lowest BCUT2D eigenvalue weighted by molar-refractivity contribution is -0.0416. The van der Waals surface area contributed by atoms with E-state index in [0.29, 0.717) is 0 Å². The number of rotatable bonds is 15. The Kier molecular flexibility index (Phi) is 13.6. The lowest BCUT2D eigenvalue weighted by atomic mass is 9.85. The Morgan fingerprint density at radius 2 is 1.52 bits per heavy atom. The molecule has 16 heteroatoms. The summed E-state index contributed by atoms with van der Waals surface area (Å²) in [5.41, 5.74) is -0.344. The summed E-state index contributed by atoms with van der Waals surface area (Å²) in [6.07, 6.45) is -3.18. The minimum absolute atomic E-state index is 0.0429. The van der Waals surface area contributed by atoms with Gasteiger partial charge in [-0.25, -0.2) is 14.0 Å². The van der Waals surface area contributed by atoms with Gasteiger partial charge in [0.15, 0.2) is 36.7 Å². The maximum atomic E-state index is 16.3. The number of carbonyl (C=O) groups excluding carboxylic acids is 3. The second-order valence-corrected chi connectivity index (χ2v) is 11.7. The summed E-state index contributed by atoms with van der Waals surface area (Å²) < 4.78 is 54.2. The number of likely N-dealkylation sites (tertiary alicyclic amines) is 1. The van der Waals surface area contributed by atoms with Gasteiger partial charge in [0.25, 0.3) is 5.91 Å². The number of anilines is 1. The van der Waals surface area contributed by atoms with Crippen LogP contribution in [0.2, 0.25) is 0 Å². The summed E-state index contributed by atoms with van der Waals surface area (Å²) in [4.78, 5) is 57.3. The fourth-order valence-corrected chi connectivity index (χ4v) is 5.80. The lowest BCUT2D eigenvalue weighted by Crippen LogP contribution is -2.58. The summed E-state index contributed by atoms with van der Waals surface area (Å²) in [6.45, 7) is -0.659. The number of amides is 2. The van der Waals surface area contributed by atoms with Gasteiger partial charge in [-0.2, -0.15) is 0 Å². The number of halogens is 1. The quantitative estimate of drug-likeness (QED) is 0.128. The zero-order valence-electron chi connectivity index (χ0n) is 29.7. The predicted molar refractivity (Wildman–Crippen MR) is 184 cm³/mol. The Hall–Kier alpha value is -5.61. The average molecular weight is 728 g/mol. The summed E-state index contributed by atoms with van der Waals surface area (Å²) in [7, 11) is 8.65. The predicted octanol–water partition coefficient (Wildman–Crippen LogP) is 4.43. The molecule has 280 valence electrons. The normalized spacial score (nSPS) is 17.0. The zero-order valence-corrected chi connectivity index (χ0v) is 29.7. The van der Waals surface area contributed by atoms with Gasteiger partial charge in [0.05, 0.1) is 37.1 Å². The zero-order chi connectivity index (χ0) is 37.9. The minimum atomic E-state index is -1.75. The molecule has 1 aliphatic rings. The molecular weight excluding hydrogens is 685 g/mol. The highest BCUT2D eigenvalue weighted by atomic mass is 19.1. The number of carboxylic acid groups (broad SMARTS) is 1. The van der Waals surface area contributed by atoms with Gasteiger partial charge in [-0.15, -0.1) is 0 Å². The topological polar surface area (TPSA) is 172 Å². The largest absolute Gasteiger partial charge is 0.493 e. The molecule has 0 aliphatic carbocycles. The van der Waals surface area contributed by atoms with E-state index in [9.17, 15) is 24.3 Å². The molecule has 0 radical (unpaired) electrons. The van der Waals surface area contributed by atoms with Crippen LogP contribution in [0, 0.1) is 11.7 Å². The molecule has 3 atom stereocenters. The second kappa shape index (κ2) is 18.1. The molecular formula is C36H42FN3O12. The number of hydrogen-bond donors (Lipinski definition) is 2. The number of hydrogen-bond acceptors (Lipinski definition) is 12. The smallest absolute Gasteiger partial charge is 0.410 e. The van der Waals surface area contributed by atoms with E-state index in [1.807, 2.05) is 0 Å². The van der Waals surface area contributed by atoms with E-state index in [1.165, 1.54) is 69.7 Å². The monoisotopic (exact) mass is 727 g/mol. The molecule has 0 spiro atoms. The highest BCUT2D eigenvalue weighted by Gasteiger charge is 2.46. The maximum absolute atomic E-state index is 16.3. The summed E-state index contributed by atoms with van der Waals surface area (Å²) in [5, 5.41) is 13.1. The van der Waals surface area contributed by atoms with E-state index in [2.05, 4.69) is 5.32 Å². The number of benzene rings is 3. The molecule has 3 aromatic carbocycles. The van der Waals surface area contributed by atoms with Gasteiger partial charge in [0, 0.05) is 46.3 Å². The molecule has 15 nitrogen and oxygen atoms in total. The number of ketones is 1. The van der Waals surface area contributed by atoms with E-state index in [0.717, 1.165) is 4.90 Å². The Labute approximate surface area is 300 Å². The molecule has 3 aromatic rings. The van der Waals surface area contributed by atoms with Crippen LogP contribution in [0.25, 0.3) is 0 Å². The highest BCUT2D eigenvalue weighted by Crippen LogP contribution is 2.39. The van der Waals surface area contributed by atoms with Gasteiger partial charge in [0.2, 0.25) is 12.0 Å². The van der Waals surface area contributed by atoms with Crippen molar-refractivity contribution in [3.8, 4) is 23.0 Å². The van der Waals surface area contributed by atoms with Crippen molar-refractivity contribution in [2.75, 3.05) is 67.6 Å². The first-order chi connectivity index (χ1) is 25.0. The number of nitrogens with one attached hydrogen (secondary N) is 1. The van der Waals surface area contributed by atoms with Gasteiger partial charge in [-0.1, -0.05) is 18.2 Å². The van der Waals surface area contributed by atoms with Crippen LogP contribution in [-0.2, 0) is 14.2 Å². The fraction of sp³-hybridized carbons (Fsp3) is 0.389. The summed E-state index contributed by atoms with van der Waals surface area (Å²) in [5.74, 6) is -4.65. The van der Waals surface area contributed by atoms with Gasteiger partial charge in [0.1, 0.15) is 5.75 Å². The molecule has 1 heterocycles. The lowest BCUT2D eigenvalue weighted by Gasteiger charge is -2.35. The first-order valence-corrected chi connectivity index (χ1v) is 16.1. The summed E-state index contributed by atoms with van der Waals surface area (Å²) in [6, 6.07) is 11.8. The Bertz CT molecular complexity index is 1710. The maximum Gasteiger partial charge on any atom is 0.410 e. The number of Topliss-reactive ketones (excluding diaryl/α,β-unsaturated/α-hetero) is 1. The minimum Gasteiger partial charge on any atom is -0.493 e. The van der Waals surface area contributed by atoms with Crippen LogP contribution in [0.4, 0.5) is 14.9 Å². The molecule has 0 saturated carbocycles. The number of carbonyl (C=O) groups is 4. The average Bonchev–Trinajstić information content (AvgIpc) is 3.31. The van der Waals surface area contributed by atoms with Crippen LogP contribution < -0.4 is 29.2 Å². The van der Waals surface area contributed by atoms with Crippen LogP contribution in [0.1, 0.15) is 43.9 Å². The standard InChI is InChI=1S/C36H42FN3O12/c1-39(2)24-14-15-25(50-19-46-3)28(29(24)37)31(41)23-13-10-16-40(36(44)45)34(52-35(43)21-11-8-7-9-12-21)30(23)38-33(42)22-17-26(48-5)32(51-20-47-4)27(18-22)49-6/h7-9,11-12,14-15,17-18,23,30,34H,10,13,16,19-20H2,1-6H3,(H,38,42)(H,44,45). The van der Waals surface area contributed by atoms with E-state index in [-0.39, 0.29) is 72.8 Å². The van der Waals surface area contributed by atoms with Crippen LogP contribution in [-0.4, -0.2) is 109 Å². The van der Waals surface area contributed by atoms with Gasteiger partial charge < -0.3 is 48.5 Å². The van der Waals surface area contributed by atoms with Crippen molar-refractivity contribution in [2.45, 2.75) is 25.1 Å². The van der Waals surface area contributed by atoms with Crippen molar-refractivity contribution in [1.82, 2.24) is 10.2 Å². The van der Waals surface area contributed by atoms with Crippen molar-refractivity contribution in [3.05, 3.63) is 77.1 Å². The first kappa shape index (κ1) is 39.2. The van der Waals surface area contributed by atoms with Crippen LogP contribution >= 0.6 is 0 Å². The second-order valence-electron chi connectivity index (χ2n) is 11.7. The molecule has 0 bridgehead atoms. The summed E-state index contributed by atoms with van der Waals surface area (Å²) >= 11 is 0. The van der Waals surface area contributed by atoms with Crippen molar-refractivity contribution in [1.29, 1.82) is 0 Å². The third-order valence-electron chi connectivity index (χ3n) is 8.27. The fourth-order valence-electron chi connectivity index (χ4n) is 5.80. The molecule has 52 heavy (non-hydrogen) atoms. The van der Waals surface area contributed by atoms with E-state index >= 15 is 4.39 Å². The molecule has 3 unspecified atom stereocenters. The van der Waals surface area contributed by atoms with Crippen molar-refractivity contribution < 1.29 is 61.8 Å². The number of nitrogens with zero attached hydrogens (tertiary/aromatic N) is 2. The van der Waals surface area contributed by atoms with E-state index in [4.69, 9.17) is 33.2 Å². The number of esters is 1. The third kappa shape index (κ3) is 8.81. The SMILES string of the molecule is COCOc1ccc(N(C)C)c(F)c1C(=O)C1CCCN(C(=O)O)C(OC(=O)c2ccccc2)C1NC(=O)c1cc(OC)c(OCOC)c(OC)c1. The highest BCUT2D eigenvalue weighted by molar-refractivity contribution is 6.03. The van der Waals surface area contributed by atoms with Gasteiger partial charge in [-0.05, 0) is 49.2 Å². The van der Waals surface area contributed by atoms with Crippen molar-refractivity contribution >= 4 is 29.4 Å². The number of ether oxygens (including phenoxy) is 7. The van der Waals surface area contributed by atoms with Crippen molar-refractivity contribution in [2.24, 2.45) is 5.92 Å². The van der Waals surface area contributed by atoms with Crippen LogP contribution in [0.5, 0.6) is 23.0 Å². The van der Waals surface area contributed by atoms with Crippen LogP contribution in [0.15, 0.2) is 54.6 Å². The van der Waals surface area contributed by atoms with Gasteiger partial charge >= 0.3 is 12.1 Å². The first-order valence-electron chi connectivity index (χ1n) is 16.1. The van der Waals surface area contributed by atoms with Crippen molar-refractivity contribution in [3.63, 3.8) is 0 Å². The van der Waals surface area contributed by atoms with E-state index < -0.39 is 53.3 Å². The molecule has 4 rings (SSSR count). The molecule has 2 amide bonds. The van der Waals surface area contributed by atoms with Crippen LogP contribution in [0.3, 0.4) is 0 Å². The molecule has 2 N–H and O–H groups in total. The Morgan fingerprint density at radius 1 is 0.885 bits per heavy atom. The Balaban J connectivity index is 1.89. The van der Waals surface area contributed by atoms with E-state index in [1.54, 1.807) is 32.3 Å². The Morgan fingerprint density at radius 3 is 2.10 bits per heavy atom. The molecule has 1 aliphatic heterocycles.